The van der Waals surface area contributed by atoms with Crippen LogP contribution in [0, 0.1) is 0 Å². The highest BCUT2D eigenvalue weighted by atomic mass is 16.3. The van der Waals surface area contributed by atoms with Gasteiger partial charge in [-0.2, -0.15) is 0 Å². The van der Waals surface area contributed by atoms with E-state index in [1.54, 1.807) is 24.7 Å². The summed E-state index contributed by atoms with van der Waals surface area (Å²) >= 11 is 0. The zero-order valence-electron chi connectivity index (χ0n) is 7.45. The second-order valence-electron chi connectivity index (χ2n) is 2.77. The summed E-state index contributed by atoms with van der Waals surface area (Å²) in [5, 5.41) is 2.95. The van der Waals surface area contributed by atoms with E-state index in [1.165, 1.54) is 0 Å². The summed E-state index contributed by atoms with van der Waals surface area (Å²) in [6, 6.07) is 1.80. The Labute approximate surface area is 77.4 Å². The highest BCUT2D eigenvalue weighted by Crippen LogP contribution is 2.00. The summed E-state index contributed by atoms with van der Waals surface area (Å²) in [5.41, 5.74) is 0.922. The standard InChI is InChI=1S/C10H13NO2/c1-2-4-11-7-10(12)6-9-3-5-13-8-9/h2-3,5,8,11H,1,4,6-7H2. The molecule has 3 heteroatoms. The van der Waals surface area contributed by atoms with E-state index in [1.807, 2.05) is 0 Å². The molecule has 13 heavy (non-hydrogen) atoms. The first-order chi connectivity index (χ1) is 6.33. The highest BCUT2D eigenvalue weighted by molar-refractivity contribution is 5.82. The molecule has 0 atom stereocenters. The molecule has 0 aliphatic heterocycles. The van der Waals surface area contributed by atoms with Crippen LogP contribution in [0.1, 0.15) is 5.56 Å². The lowest BCUT2D eigenvalue weighted by Crippen LogP contribution is -2.23. The minimum atomic E-state index is 0.156. The van der Waals surface area contributed by atoms with Gasteiger partial charge in [-0.3, -0.25) is 4.79 Å². The molecule has 1 heterocycles. The van der Waals surface area contributed by atoms with Crippen molar-refractivity contribution in [1.82, 2.24) is 5.32 Å². The van der Waals surface area contributed by atoms with Gasteiger partial charge in [-0.05, 0) is 11.6 Å². The lowest BCUT2D eigenvalue weighted by atomic mass is 10.2. The Morgan fingerprint density at radius 1 is 1.69 bits per heavy atom. The van der Waals surface area contributed by atoms with Crippen LogP contribution in [0.15, 0.2) is 35.7 Å². The maximum Gasteiger partial charge on any atom is 0.151 e. The fourth-order valence-electron chi connectivity index (χ4n) is 0.997. The number of hydrogen-bond acceptors (Lipinski definition) is 3. The summed E-state index contributed by atoms with van der Waals surface area (Å²) in [5.74, 6) is 0.156. The third-order valence-corrected chi connectivity index (χ3v) is 1.59. The first-order valence-electron chi connectivity index (χ1n) is 4.17. The number of furan rings is 1. The second kappa shape index (κ2) is 5.32. The van der Waals surface area contributed by atoms with Gasteiger partial charge in [-0.15, -0.1) is 6.58 Å². The monoisotopic (exact) mass is 179 g/mol. The number of Topliss-reactive ketones (excluding diaryl/α,β-unsaturated/α-hetero) is 1. The smallest absolute Gasteiger partial charge is 0.151 e. The molecule has 0 bridgehead atoms. The van der Waals surface area contributed by atoms with E-state index in [4.69, 9.17) is 4.42 Å². The normalized spacial score (nSPS) is 9.85. The molecule has 0 radical (unpaired) electrons. The van der Waals surface area contributed by atoms with E-state index in [-0.39, 0.29) is 5.78 Å². The van der Waals surface area contributed by atoms with Crippen LogP contribution in [0.2, 0.25) is 0 Å². The van der Waals surface area contributed by atoms with E-state index in [0.717, 1.165) is 5.56 Å². The maximum atomic E-state index is 11.2. The Kier molecular flexibility index (Phi) is 3.99. The number of nitrogens with one attached hydrogen (secondary N) is 1. The first kappa shape index (κ1) is 9.74. The van der Waals surface area contributed by atoms with Crippen LogP contribution in [0.3, 0.4) is 0 Å². The lowest BCUT2D eigenvalue weighted by Gasteiger charge is -1.98. The molecule has 70 valence electrons. The number of carbonyl (C=O) groups is 1. The van der Waals surface area contributed by atoms with Gasteiger partial charge in [0.25, 0.3) is 0 Å². The fraction of sp³-hybridized carbons (Fsp3) is 0.300. The summed E-state index contributed by atoms with van der Waals surface area (Å²) < 4.78 is 4.85. The summed E-state index contributed by atoms with van der Waals surface area (Å²) in [7, 11) is 0. The van der Waals surface area contributed by atoms with Crippen molar-refractivity contribution in [3.8, 4) is 0 Å². The number of carbonyl (C=O) groups excluding carboxylic acids is 1. The van der Waals surface area contributed by atoms with Gasteiger partial charge in [0.05, 0.1) is 19.1 Å². The Bertz CT molecular complexity index is 264. The zero-order valence-corrected chi connectivity index (χ0v) is 7.45. The van der Waals surface area contributed by atoms with Crippen molar-refractivity contribution >= 4 is 5.78 Å². The molecule has 0 aromatic carbocycles. The third-order valence-electron chi connectivity index (χ3n) is 1.59. The van der Waals surface area contributed by atoms with Crippen LogP contribution in [-0.2, 0) is 11.2 Å². The number of ketones is 1. The van der Waals surface area contributed by atoms with Crippen molar-refractivity contribution in [2.45, 2.75) is 6.42 Å². The molecule has 3 nitrogen and oxygen atoms in total. The van der Waals surface area contributed by atoms with Crippen molar-refractivity contribution in [3.63, 3.8) is 0 Å². The van der Waals surface area contributed by atoms with Crippen LogP contribution < -0.4 is 5.32 Å². The zero-order chi connectivity index (χ0) is 9.52. The Morgan fingerprint density at radius 3 is 3.15 bits per heavy atom. The minimum Gasteiger partial charge on any atom is -0.472 e. The molecule has 0 spiro atoms. The summed E-state index contributed by atoms with van der Waals surface area (Å²) in [4.78, 5) is 11.2. The molecule has 0 unspecified atom stereocenters. The average molecular weight is 179 g/mol. The van der Waals surface area contributed by atoms with Gasteiger partial charge in [0, 0.05) is 13.0 Å². The molecule has 0 saturated heterocycles. The van der Waals surface area contributed by atoms with Crippen molar-refractivity contribution in [3.05, 3.63) is 36.8 Å². The Morgan fingerprint density at radius 2 is 2.54 bits per heavy atom. The minimum absolute atomic E-state index is 0.156. The van der Waals surface area contributed by atoms with Crippen molar-refractivity contribution < 1.29 is 9.21 Å². The van der Waals surface area contributed by atoms with E-state index in [2.05, 4.69) is 11.9 Å². The molecular formula is C10H13NO2. The summed E-state index contributed by atoms with van der Waals surface area (Å²) in [6.45, 7) is 4.59. The van der Waals surface area contributed by atoms with Crippen molar-refractivity contribution in [2.24, 2.45) is 0 Å². The summed E-state index contributed by atoms with van der Waals surface area (Å²) in [6.07, 6.45) is 5.32. The van der Waals surface area contributed by atoms with Gasteiger partial charge >= 0.3 is 0 Å². The van der Waals surface area contributed by atoms with E-state index < -0.39 is 0 Å². The molecule has 0 aliphatic carbocycles. The quantitative estimate of drug-likeness (QED) is 0.526. The Balaban J connectivity index is 2.22. The highest BCUT2D eigenvalue weighted by Gasteiger charge is 2.02. The molecule has 1 aromatic rings. The van der Waals surface area contributed by atoms with E-state index in [0.29, 0.717) is 19.5 Å². The largest absolute Gasteiger partial charge is 0.472 e. The van der Waals surface area contributed by atoms with Crippen LogP contribution in [0.5, 0.6) is 0 Å². The molecule has 1 rings (SSSR count). The fourth-order valence-corrected chi connectivity index (χ4v) is 0.997. The Hall–Kier alpha value is -1.35. The lowest BCUT2D eigenvalue weighted by molar-refractivity contribution is -0.117. The average Bonchev–Trinajstić information content (AvgIpc) is 2.57. The molecule has 0 aliphatic rings. The first-order valence-corrected chi connectivity index (χ1v) is 4.17. The van der Waals surface area contributed by atoms with Gasteiger partial charge in [-0.25, -0.2) is 0 Å². The van der Waals surface area contributed by atoms with Crippen LogP contribution in [0.4, 0.5) is 0 Å². The molecular weight excluding hydrogens is 166 g/mol. The van der Waals surface area contributed by atoms with Gasteiger partial charge in [-0.1, -0.05) is 6.08 Å². The molecule has 1 N–H and O–H groups in total. The van der Waals surface area contributed by atoms with Gasteiger partial charge in [0.1, 0.15) is 0 Å². The van der Waals surface area contributed by atoms with Gasteiger partial charge in [0.15, 0.2) is 5.78 Å². The SMILES string of the molecule is C=CCNCC(=O)Cc1ccoc1. The maximum absolute atomic E-state index is 11.2. The van der Waals surface area contributed by atoms with Gasteiger partial charge < -0.3 is 9.73 Å². The number of hydrogen-bond donors (Lipinski definition) is 1. The second-order valence-corrected chi connectivity index (χ2v) is 2.77. The van der Waals surface area contributed by atoms with Crippen molar-refractivity contribution in [2.75, 3.05) is 13.1 Å². The van der Waals surface area contributed by atoms with Gasteiger partial charge in [0.2, 0.25) is 0 Å². The predicted octanol–water partition coefficient (Wildman–Crippen LogP) is 1.17. The molecule has 1 aromatic heterocycles. The van der Waals surface area contributed by atoms with E-state index in [9.17, 15) is 4.79 Å². The molecule has 0 fully saturated rings. The third kappa shape index (κ3) is 3.71. The van der Waals surface area contributed by atoms with Crippen LogP contribution in [-0.4, -0.2) is 18.9 Å². The number of rotatable bonds is 6. The van der Waals surface area contributed by atoms with Crippen molar-refractivity contribution in [1.29, 1.82) is 0 Å². The molecule has 0 amide bonds. The molecule has 0 saturated carbocycles. The van der Waals surface area contributed by atoms with Crippen LogP contribution >= 0.6 is 0 Å². The van der Waals surface area contributed by atoms with E-state index >= 15 is 0 Å². The topological polar surface area (TPSA) is 42.2 Å². The van der Waals surface area contributed by atoms with Crippen LogP contribution in [0.25, 0.3) is 0 Å². The predicted molar refractivity (Wildman–Crippen MR) is 50.5 cm³/mol.